The van der Waals surface area contributed by atoms with Crippen molar-refractivity contribution in [2.75, 3.05) is 13.1 Å². The van der Waals surface area contributed by atoms with Crippen molar-refractivity contribution < 1.29 is 4.79 Å². The summed E-state index contributed by atoms with van der Waals surface area (Å²) < 4.78 is 5.40. The first kappa shape index (κ1) is 33.2. The fourth-order valence-electron chi connectivity index (χ4n) is 2.81. The molecule has 39 heavy (non-hydrogen) atoms. The van der Waals surface area contributed by atoms with E-state index in [4.69, 9.17) is 12.2 Å². The molecule has 0 bridgehead atoms. The van der Waals surface area contributed by atoms with Crippen molar-refractivity contribution in [1.29, 1.82) is 0 Å². The molecule has 3 aromatic rings. The number of aromatic nitrogens is 9. The lowest BCUT2D eigenvalue weighted by Crippen LogP contribution is -2.24. The second kappa shape index (κ2) is 14.3. The first-order valence-corrected chi connectivity index (χ1v) is 12.6. The van der Waals surface area contributed by atoms with E-state index in [0.717, 1.165) is 11.4 Å². The molecule has 0 saturated carbocycles. The van der Waals surface area contributed by atoms with E-state index in [2.05, 4.69) is 95.6 Å². The van der Waals surface area contributed by atoms with Crippen molar-refractivity contribution in [2.45, 2.75) is 92.0 Å². The van der Waals surface area contributed by atoms with Gasteiger partial charge >= 0.3 is 0 Å². The van der Waals surface area contributed by atoms with Gasteiger partial charge in [-0.05, 0) is 62.3 Å². The van der Waals surface area contributed by atoms with E-state index in [9.17, 15) is 4.79 Å². The van der Waals surface area contributed by atoms with Gasteiger partial charge in [0, 0.05) is 13.1 Å². The molecule has 0 aromatic carbocycles. The van der Waals surface area contributed by atoms with Crippen LogP contribution in [0.3, 0.4) is 0 Å². The van der Waals surface area contributed by atoms with Crippen molar-refractivity contribution in [1.82, 2.24) is 49.9 Å². The van der Waals surface area contributed by atoms with Crippen LogP contribution in [0.1, 0.15) is 84.2 Å². The molecule has 0 aliphatic carbocycles. The Morgan fingerprint density at radius 1 is 0.769 bits per heavy atom. The minimum Gasteiger partial charge on any atom is -0.320 e. The van der Waals surface area contributed by atoms with Gasteiger partial charge in [-0.1, -0.05) is 27.5 Å². The van der Waals surface area contributed by atoms with Crippen LogP contribution in [-0.4, -0.2) is 69.3 Å². The van der Waals surface area contributed by atoms with Crippen LogP contribution < -0.4 is 5.73 Å². The number of nitrogens with two attached hydrogens (primary N) is 1. The van der Waals surface area contributed by atoms with Crippen molar-refractivity contribution in [3.8, 4) is 24.7 Å². The van der Waals surface area contributed by atoms with Gasteiger partial charge in [-0.2, -0.15) is 0 Å². The minimum atomic E-state index is -0.103. The Morgan fingerprint density at radius 3 is 1.41 bits per heavy atom. The van der Waals surface area contributed by atoms with Gasteiger partial charge in [0.25, 0.3) is 0 Å². The summed E-state index contributed by atoms with van der Waals surface area (Å²) in [4.78, 5) is 12.3. The Hall–Kier alpha value is -3.87. The Labute approximate surface area is 232 Å². The minimum absolute atomic E-state index is 0.0857. The molecular formula is C27H43N11O. The maximum absolute atomic E-state index is 10.2. The van der Waals surface area contributed by atoms with Crippen LogP contribution in [0.4, 0.5) is 0 Å². The monoisotopic (exact) mass is 537 g/mol. The summed E-state index contributed by atoms with van der Waals surface area (Å²) in [5.41, 5.74) is 6.68. The lowest BCUT2D eigenvalue weighted by atomic mass is 10.1. The smallest absolute Gasteiger partial charge is 0.171 e. The summed E-state index contributed by atoms with van der Waals surface area (Å²) in [5.74, 6) is 4.91. The molecular weight excluding hydrogens is 494 g/mol. The third-order valence-corrected chi connectivity index (χ3v) is 4.98. The molecule has 12 heteroatoms. The van der Waals surface area contributed by atoms with Gasteiger partial charge < -0.3 is 5.73 Å². The van der Waals surface area contributed by atoms with Gasteiger partial charge in [0.2, 0.25) is 0 Å². The summed E-state index contributed by atoms with van der Waals surface area (Å²) in [5, 5.41) is 24.3. The third-order valence-electron chi connectivity index (χ3n) is 4.98. The molecule has 3 aromatic heterocycles. The van der Waals surface area contributed by atoms with Crippen LogP contribution in [0.5, 0.6) is 0 Å². The highest BCUT2D eigenvalue weighted by molar-refractivity contribution is 5.70. The number of hydrogen-bond acceptors (Lipinski definition) is 9. The van der Waals surface area contributed by atoms with Gasteiger partial charge in [0.15, 0.2) is 6.29 Å². The normalized spacial score (nSPS) is 11.5. The lowest BCUT2D eigenvalue weighted by Gasteiger charge is -2.19. The van der Waals surface area contributed by atoms with Crippen LogP contribution in [0.15, 0.2) is 18.6 Å². The van der Waals surface area contributed by atoms with Crippen molar-refractivity contribution in [2.24, 2.45) is 5.73 Å². The largest absolute Gasteiger partial charge is 0.320 e. The van der Waals surface area contributed by atoms with Crippen molar-refractivity contribution in [3.63, 3.8) is 0 Å². The second-order valence-electron chi connectivity index (χ2n) is 11.8. The molecule has 0 radical (unpaired) electrons. The molecule has 0 atom stereocenters. The summed E-state index contributed by atoms with van der Waals surface area (Å²) in [7, 11) is 0. The number of nitrogens with zero attached hydrogens (tertiary/aromatic N) is 10. The Kier molecular flexibility index (Phi) is 12.2. The third kappa shape index (κ3) is 11.6. The van der Waals surface area contributed by atoms with Crippen molar-refractivity contribution in [3.05, 3.63) is 35.7 Å². The van der Waals surface area contributed by atoms with Gasteiger partial charge in [-0.25, -0.2) is 14.0 Å². The quantitative estimate of drug-likeness (QED) is 0.371. The van der Waals surface area contributed by atoms with Crippen LogP contribution in [0, 0.1) is 24.7 Å². The average molecular weight is 538 g/mol. The van der Waals surface area contributed by atoms with E-state index in [0.29, 0.717) is 38.2 Å². The summed E-state index contributed by atoms with van der Waals surface area (Å²) >= 11 is 0. The molecule has 0 fully saturated rings. The van der Waals surface area contributed by atoms with E-state index >= 15 is 0 Å². The zero-order valence-corrected chi connectivity index (χ0v) is 24.8. The average Bonchev–Trinajstić information content (AvgIpc) is 3.59. The molecule has 3 rings (SSSR count). The molecule has 3 heterocycles. The highest BCUT2D eigenvalue weighted by Crippen LogP contribution is 2.15. The topological polar surface area (TPSA) is 138 Å². The summed E-state index contributed by atoms with van der Waals surface area (Å²) in [6, 6.07) is 0. The maximum Gasteiger partial charge on any atom is 0.171 e. The Bertz CT molecular complexity index is 1180. The zero-order chi connectivity index (χ0) is 29.9. The first-order valence-electron chi connectivity index (χ1n) is 12.6. The fourth-order valence-corrected chi connectivity index (χ4v) is 2.81. The molecule has 2 N–H and O–H groups in total. The van der Waals surface area contributed by atoms with Crippen LogP contribution in [0.2, 0.25) is 0 Å². The van der Waals surface area contributed by atoms with Gasteiger partial charge in [-0.3, -0.25) is 9.69 Å². The van der Waals surface area contributed by atoms with E-state index < -0.39 is 0 Å². The van der Waals surface area contributed by atoms with Gasteiger partial charge in [0.05, 0.1) is 59.7 Å². The number of aldehydes is 1. The van der Waals surface area contributed by atoms with Crippen LogP contribution in [-0.2, 0) is 29.7 Å². The van der Waals surface area contributed by atoms with Crippen LogP contribution >= 0.6 is 0 Å². The molecule has 212 valence electrons. The summed E-state index contributed by atoms with van der Waals surface area (Å²) in [6.45, 7) is 20.7. The Balaban J connectivity index is 0.000000418. The zero-order valence-electron chi connectivity index (χ0n) is 24.8. The highest BCUT2D eigenvalue weighted by atomic mass is 16.1. The molecule has 0 aliphatic heterocycles. The van der Waals surface area contributed by atoms with E-state index in [-0.39, 0.29) is 16.6 Å². The highest BCUT2D eigenvalue weighted by Gasteiger charge is 2.19. The molecule has 12 nitrogen and oxygen atoms in total. The SMILES string of the molecule is C#CCN.C#CCN(Cc1cn(C(C)(C)C)nn1)Cc1cn(C(C)(C)C)nn1.CC(C)(C)n1cc(C=O)nn1. The number of carbonyl (C=O) groups excluding carboxylic acids is 1. The number of hydrogen-bond donors (Lipinski definition) is 1. The Morgan fingerprint density at radius 2 is 1.15 bits per heavy atom. The van der Waals surface area contributed by atoms with Crippen molar-refractivity contribution >= 4 is 6.29 Å². The van der Waals surface area contributed by atoms with Gasteiger partial charge in [0.1, 0.15) is 5.69 Å². The van der Waals surface area contributed by atoms with E-state index in [1.54, 1.807) is 10.9 Å². The predicted octanol–water partition coefficient (Wildman–Crippen LogP) is 2.44. The van der Waals surface area contributed by atoms with E-state index in [1.807, 2.05) is 42.5 Å². The predicted molar refractivity (Wildman–Crippen MR) is 151 cm³/mol. The second-order valence-corrected chi connectivity index (χ2v) is 11.8. The lowest BCUT2D eigenvalue weighted by molar-refractivity contribution is 0.111. The fraction of sp³-hybridized carbons (Fsp3) is 0.593. The van der Waals surface area contributed by atoms with Gasteiger partial charge in [-0.15, -0.1) is 28.1 Å². The molecule has 0 saturated heterocycles. The number of terminal acetylenes is 2. The first-order chi connectivity index (χ1) is 18.0. The standard InChI is InChI=1S/C17H27N7.C7H11N3O.C3H5N/c1-8-9-22(10-14-12-23(20-18-14)16(2,3)4)11-15-13-24(21-19-15)17(5,6)7;1-7(2,3)10-4-6(5-11)8-9-10;1-2-3-4/h1,12-13H,9-11H2,2-7H3;4-5H,1-3H3;1H,3-4H2. The van der Waals surface area contributed by atoms with Crippen LogP contribution in [0.25, 0.3) is 0 Å². The molecule has 0 amide bonds. The number of rotatable bonds is 6. The molecule has 0 aliphatic rings. The molecule has 0 unspecified atom stereocenters. The number of carbonyl (C=O) groups is 1. The summed E-state index contributed by atoms with van der Waals surface area (Å²) in [6.07, 6.45) is 16.4. The van der Waals surface area contributed by atoms with E-state index in [1.165, 1.54) is 0 Å². The maximum atomic E-state index is 10.2. The molecule has 0 spiro atoms.